The maximum Gasteiger partial charge on any atom is 0.244 e. The Hall–Kier alpha value is -0.570. The fourth-order valence-corrected chi connectivity index (χ4v) is 3.58. The molecule has 3 atom stereocenters. The van der Waals surface area contributed by atoms with Gasteiger partial charge < -0.3 is 4.90 Å². The molecule has 2 aliphatic carbocycles. The molecule has 2 saturated carbocycles. The van der Waals surface area contributed by atoms with Gasteiger partial charge in [0.15, 0.2) is 0 Å². The van der Waals surface area contributed by atoms with Crippen molar-refractivity contribution in [3.63, 3.8) is 0 Å². The van der Waals surface area contributed by atoms with Crippen molar-refractivity contribution in [1.82, 2.24) is 10.2 Å². The van der Waals surface area contributed by atoms with Gasteiger partial charge in [-0.1, -0.05) is 20.8 Å². The first-order valence-corrected chi connectivity index (χ1v) is 7.14. The summed E-state index contributed by atoms with van der Waals surface area (Å²) in [6.07, 6.45) is 6.06. The van der Waals surface area contributed by atoms with Gasteiger partial charge in [-0.2, -0.15) is 0 Å². The highest BCUT2D eigenvalue weighted by molar-refractivity contribution is 5.92. The molecule has 0 radical (unpaired) electrons. The Balaban J connectivity index is 1.82. The van der Waals surface area contributed by atoms with E-state index < -0.39 is 0 Å². The van der Waals surface area contributed by atoms with Gasteiger partial charge in [-0.3, -0.25) is 10.1 Å². The number of nitrogens with zero attached hydrogens (tertiary/aromatic N) is 1. The van der Waals surface area contributed by atoms with Gasteiger partial charge in [0.25, 0.3) is 0 Å². The van der Waals surface area contributed by atoms with Crippen LogP contribution in [0.5, 0.6) is 0 Å². The lowest BCUT2D eigenvalue weighted by molar-refractivity contribution is -0.133. The van der Waals surface area contributed by atoms with Gasteiger partial charge in [-0.15, -0.1) is 0 Å². The van der Waals surface area contributed by atoms with Gasteiger partial charge in [0.05, 0.1) is 11.7 Å². The minimum Gasteiger partial charge on any atom is -0.322 e. The van der Waals surface area contributed by atoms with E-state index in [1.807, 2.05) is 0 Å². The van der Waals surface area contributed by atoms with Crippen molar-refractivity contribution in [3.8, 4) is 0 Å². The van der Waals surface area contributed by atoms with E-state index in [-0.39, 0.29) is 11.7 Å². The number of hydrogen-bond acceptors (Lipinski definition) is 2. The number of nitrogens with one attached hydrogen (secondary N) is 1. The molecular weight excluding hydrogens is 212 g/mol. The van der Waals surface area contributed by atoms with E-state index in [4.69, 9.17) is 0 Å². The molecule has 3 rings (SSSR count). The van der Waals surface area contributed by atoms with E-state index >= 15 is 0 Å². The highest BCUT2D eigenvalue weighted by atomic mass is 16.2. The molecule has 1 heterocycles. The molecule has 1 amide bonds. The van der Waals surface area contributed by atoms with Gasteiger partial charge in [0, 0.05) is 6.04 Å². The standard InChI is InChI=1S/C14H24N2O/c1-9(2)12-15-14(6-7-14)13(17)16(12)11-5-4-10(3)8-11/h9-12,15H,4-8H2,1-3H3. The number of amides is 1. The van der Waals surface area contributed by atoms with Crippen LogP contribution in [0.2, 0.25) is 0 Å². The predicted molar refractivity (Wildman–Crippen MR) is 67.4 cm³/mol. The highest BCUT2D eigenvalue weighted by Gasteiger charge is 2.60. The van der Waals surface area contributed by atoms with Crippen LogP contribution in [-0.2, 0) is 4.79 Å². The molecule has 96 valence electrons. The normalized spacial score (nSPS) is 39.6. The third-order valence-corrected chi connectivity index (χ3v) is 4.81. The molecule has 0 bridgehead atoms. The molecule has 0 aromatic rings. The first-order valence-electron chi connectivity index (χ1n) is 7.14. The summed E-state index contributed by atoms with van der Waals surface area (Å²) in [7, 11) is 0. The zero-order valence-electron chi connectivity index (χ0n) is 11.2. The molecule has 3 unspecified atom stereocenters. The van der Waals surface area contributed by atoms with Crippen molar-refractivity contribution in [2.45, 2.75) is 70.6 Å². The Bertz CT molecular complexity index is 335. The maximum atomic E-state index is 12.6. The Labute approximate surface area is 104 Å². The highest BCUT2D eigenvalue weighted by Crippen LogP contribution is 2.46. The summed E-state index contributed by atoms with van der Waals surface area (Å²) in [4.78, 5) is 14.8. The minimum atomic E-state index is -0.138. The third kappa shape index (κ3) is 1.70. The van der Waals surface area contributed by atoms with E-state index in [1.165, 1.54) is 19.3 Å². The first kappa shape index (κ1) is 11.5. The summed E-state index contributed by atoms with van der Waals surface area (Å²) in [5.74, 6) is 1.70. The monoisotopic (exact) mass is 236 g/mol. The lowest BCUT2D eigenvalue weighted by atomic mass is 10.1. The smallest absolute Gasteiger partial charge is 0.244 e. The second-order valence-corrected chi connectivity index (χ2v) is 6.70. The quantitative estimate of drug-likeness (QED) is 0.796. The van der Waals surface area contributed by atoms with Crippen LogP contribution < -0.4 is 5.32 Å². The van der Waals surface area contributed by atoms with E-state index in [0.29, 0.717) is 17.9 Å². The van der Waals surface area contributed by atoms with Crippen LogP contribution in [0.25, 0.3) is 0 Å². The summed E-state index contributed by atoms with van der Waals surface area (Å²) >= 11 is 0. The molecule has 1 saturated heterocycles. The summed E-state index contributed by atoms with van der Waals surface area (Å²) in [6, 6.07) is 0.498. The van der Waals surface area contributed by atoms with Gasteiger partial charge in [0.2, 0.25) is 5.91 Å². The molecule has 17 heavy (non-hydrogen) atoms. The van der Waals surface area contributed by atoms with Gasteiger partial charge in [-0.05, 0) is 43.9 Å². The fourth-order valence-electron chi connectivity index (χ4n) is 3.58. The zero-order chi connectivity index (χ0) is 12.2. The third-order valence-electron chi connectivity index (χ3n) is 4.81. The number of rotatable bonds is 2. The lowest BCUT2D eigenvalue weighted by Gasteiger charge is -2.32. The van der Waals surface area contributed by atoms with Crippen LogP contribution in [0.1, 0.15) is 52.9 Å². The van der Waals surface area contributed by atoms with Crippen molar-refractivity contribution < 1.29 is 4.79 Å². The Morgan fingerprint density at radius 2 is 2.06 bits per heavy atom. The Morgan fingerprint density at radius 1 is 1.35 bits per heavy atom. The van der Waals surface area contributed by atoms with Crippen molar-refractivity contribution >= 4 is 5.91 Å². The molecule has 3 aliphatic rings. The van der Waals surface area contributed by atoms with E-state index in [0.717, 1.165) is 18.8 Å². The number of carbonyl (C=O) groups excluding carboxylic acids is 1. The first-order chi connectivity index (χ1) is 8.03. The fraction of sp³-hybridized carbons (Fsp3) is 0.929. The van der Waals surface area contributed by atoms with Crippen LogP contribution in [0.4, 0.5) is 0 Å². The Kier molecular flexibility index (Phi) is 2.51. The molecule has 1 spiro atoms. The molecule has 0 aromatic carbocycles. The van der Waals surface area contributed by atoms with E-state index in [2.05, 4.69) is 31.0 Å². The molecule has 3 heteroatoms. The zero-order valence-corrected chi connectivity index (χ0v) is 11.2. The molecule has 3 nitrogen and oxygen atoms in total. The van der Waals surface area contributed by atoms with Crippen molar-refractivity contribution in [1.29, 1.82) is 0 Å². The summed E-state index contributed by atoms with van der Waals surface area (Å²) in [5.41, 5.74) is -0.138. The van der Waals surface area contributed by atoms with Gasteiger partial charge in [-0.25, -0.2) is 0 Å². The summed E-state index contributed by atoms with van der Waals surface area (Å²) in [6.45, 7) is 6.75. The van der Waals surface area contributed by atoms with Gasteiger partial charge in [0.1, 0.15) is 0 Å². The second-order valence-electron chi connectivity index (χ2n) is 6.70. The van der Waals surface area contributed by atoms with Crippen LogP contribution in [0.3, 0.4) is 0 Å². The van der Waals surface area contributed by atoms with Crippen molar-refractivity contribution in [3.05, 3.63) is 0 Å². The molecule has 0 aromatic heterocycles. The molecular formula is C14H24N2O. The largest absolute Gasteiger partial charge is 0.322 e. The minimum absolute atomic E-state index is 0.138. The number of hydrogen-bond donors (Lipinski definition) is 1. The molecule has 3 fully saturated rings. The van der Waals surface area contributed by atoms with Crippen LogP contribution >= 0.6 is 0 Å². The molecule has 1 aliphatic heterocycles. The summed E-state index contributed by atoms with van der Waals surface area (Å²) < 4.78 is 0. The Morgan fingerprint density at radius 3 is 2.53 bits per heavy atom. The average Bonchev–Trinajstić information content (AvgIpc) is 2.84. The van der Waals surface area contributed by atoms with Crippen LogP contribution in [0.15, 0.2) is 0 Å². The molecule has 1 N–H and O–H groups in total. The lowest BCUT2D eigenvalue weighted by Crippen LogP contribution is -2.46. The van der Waals surface area contributed by atoms with Gasteiger partial charge >= 0.3 is 0 Å². The SMILES string of the molecule is CC1CCC(N2C(=O)C3(CC3)NC2C(C)C)C1. The van der Waals surface area contributed by atoms with Crippen molar-refractivity contribution in [2.75, 3.05) is 0 Å². The predicted octanol–water partition coefficient (Wildman–Crippen LogP) is 2.12. The van der Waals surface area contributed by atoms with Crippen molar-refractivity contribution in [2.24, 2.45) is 11.8 Å². The second kappa shape index (κ2) is 3.71. The topological polar surface area (TPSA) is 32.3 Å². The van der Waals surface area contributed by atoms with E-state index in [1.54, 1.807) is 0 Å². The van der Waals surface area contributed by atoms with Crippen LogP contribution in [-0.4, -0.2) is 28.6 Å². The average molecular weight is 236 g/mol. The van der Waals surface area contributed by atoms with E-state index in [9.17, 15) is 4.79 Å². The summed E-state index contributed by atoms with van der Waals surface area (Å²) in [5, 5.41) is 3.61. The maximum absolute atomic E-state index is 12.6. The van der Waals surface area contributed by atoms with Crippen LogP contribution in [0, 0.1) is 11.8 Å². The number of carbonyl (C=O) groups is 1.